The first-order chi connectivity index (χ1) is 10.9. The number of halogens is 3. The van der Waals surface area contributed by atoms with Gasteiger partial charge < -0.3 is 4.74 Å². The third-order valence-electron chi connectivity index (χ3n) is 2.86. The zero-order chi connectivity index (χ0) is 16.9. The van der Waals surface area contributed by atoms with E-state index in [2.05, 4.69) is 10.8 Å². The quantitative estimate of drug-likeness (QED) is 0.472. The normalized spacial score (nSPS) is 10.9. The Morgan fingerprint density at radius 1 is 1.13 bits per heavy atom. The Balaban J connectivity index is 2.01. The highest BCUT2D eigenvalue weighted by molar-refractivity contribution is 7.99. The number of esters is 1. The van der Waals surface area contributed by atoms with Gasteiger partial charge in [-0.1, -0.05) is 42.1 Å². The fourth-order valence-electron chi connectivity index (χ4n) is 1.80. The van der Waals surface area contributed by atoms with E-state index in [0.717, 1.165) is 22.9 Å². The molecule has 0 amide bonds. The number of nitriles is 1. The Hall–Kier alpha value is -2.46. The molecule has 3 nitrogen and oxygen atoms in total. The first-order valence-corrected chi connectivity index (χ1v) is 7.36. The fraction of sp³-hybridized carbons (Fsp3) is 0.125. The van der Waals surface area contributed by atoms with E-state index in [4.69, 9.17) is 5.26 Å². The smallest absolute Gasteiger partial charge is 0.448 e. The second-order valence-electron chi connectivity index (χ2n) is 4.37. The zero-order valence-corrected chi connectivity index (χ0v) is 12.4. The molecule has 0 saturated heterocycles. The van der Waals surface area contributed by atoms with Gasteiger partial charge in [0.05, 0.1) is 11.6 Å². The topological polar surface area (TPSA) is 50.1 Å². The highest BCUT2D eigenvalue weighted by Gasteiger charge is 2.40. The van der Waals surface area contributed by atoms with E-state index in [9.17, 15) is 18.0 Å². The number of hydrogen-bond acceptors (Lipinski definition) is 4. The van der Waals surface area contributed by atoms with Gasteiger partial charge in [-0.3, -0.25) is 0 Å². The molecule has 0 unspecified atom stereocenters. The molecule has 0 aliphatic heterocycles. The highest BCUT2D eigenvalue weighted by atomic mass is 32.2. The molecule has 118 valence electrons. The van der Waals surface area contributed by atoms with Crippen molar-refractivity contribution in [3.05, 3.63) is 54.1 Å². The van der Waals surface area contributed by atoms with E-state index >= 15 is 0 Å². The van der Waals surface area contributed by atoms with Crippen LogP contribution in [0.3, 0.4) is 0 Å². The Morgan fingerprint density at radius 3 is 2.39 bits per heavy atom. The summed E-state index contributed by atoms with van der Waals surface area (Å²) in [6.07, 6.45) is -4.98. The summed E-state index contributed by atoms with van der Waals surface area (Å²) in [5.74, 6) is -2.63. The summed E-state index contributed by atoms with van der Waals surface area (Å²) < 4.78 is 40.0. The van der Waals surface area contributed by atoms with Crippen LogP contribution in [0.5, 0.6) is 0 Å². The van der Waals surface area contributed by atoms with Crippen LogP contribution in [0, 0.1) is 11.3 Å². The summed E-state index contributed by atoms with van der Waals surface area (Å²) >= 11 is 0.971. The Bertz CT molecular complexity index is 736. The van der Waals surface area contributed by atoms with Crippen LogP contribution in [-0.2, 0) is 9.53 Å². The largest absolute Gasteiger partial charge is 0.490 e. The molecular weight excluding hydrogens is 327 g/mol. The highest BCUT2D eigenvalue weighted by Crippen LogP contribution is 2.27. The Labute approximate surface area is 134 Å². The maximum Gasteiger partial charge on any atom is 0.490 e. The third-order valence-corrected chi connectivity index (χ3v) is 3.70. The molecule has 0 aliphatic rings. The number of hydrogen-bond donors (Lipinski definition) is 0. The molecule has 0 fully saturated rings. The summed E-state index contributed by atoms with van der Waals surface area (Å²) in [5, 5.41) is 9.07. The molecule has 0 aromatic heterocycles. The van der Waals surface area contributed by atoms with Gasteiger partial charge in [0.1, 0.15) is 5.94 Å². The van der Waals surface area contributed by atoms with Crippen LogP contribution in [0.25, 0.3) is 11.1 Å². The van der Waals surface area contributed by atoms with Gasteiger partial charge in [-0.2, -0.15) is 18.4 Å². The molecule has 0 N–H and O–H groups in total. The predicted molar refractivity (Wildman–Crippen MR) is 79.5 cm³/mol. The fourth-order valence-corrected chi connectivity index (χ4v) is 2.43. The van der Waals surface area contributed by atoms with E-state index in [0.29, 0.717) is 10.5 Å². The molecule has 0 spiro atoms. The van der Waals surface area contributed by atoms with Crippen LogP contribution in [0.2, 0.25) is 0 Å². The molecular formula is C16H10F3NO2S. The van der Waals surface area contributed by atoms with Gasteiger partial charge in [-0.15, -0.1) is 0 Å². The van der Waals surface area contributed by atoms with Gasteiger partial charge in [0.2, 0.25) is 0 Å². The average Bonchev–Trinajstić information content (AvgIpc) is 2.54. The minimum Gasteiger partial charge on any atom is -0.448 e. The number of alkyl halides is 3. The lowest BCUT2D eigenvalue weighted by Gasteiger charge is -2.08. The van der Waals surface area contributed by atoms with Gasteiger partial charge in [-0.25, -0.2) is 4.79 Å². The second-order valence-corrected chi connectivity index (χ2v) is 5.37. The lowest BCUT2D eigenvalue weighted by molar-refractivity contribution is -0.197. The standard InChI is InChI=1S/C16H10F3NO2S/c17-16(18,19)15(21)22-10-23-13-7-5-11(6-8-13)14-4-2-1-3-12(14)9-20/h1-8H,10H2. The molecule has 2 rings (SSSR count). The minimum atomic E-state index is -4.98. The van der Waals surface area contributed by atoms with E-state index in [-0.39, 0.29) is 0 Å². The van der Waals surface area contributed by atoms with E-state index < -0.39 is 18.1 Å². The number of carbonyl (C=O) groups is 1. The van der Waals surface area contributed by atoms with Gasteiger partial charge in [0.25, 0.3) is 0 Å². The van der Waals surface area contributed by atoms with Crippen LogP contribution in [0.1, 0.15) is 5.56 Å². The summed E-state index contributed by atoms with van der Waals surface area (Å²) in [5.41, 5.74) is 2.13. The van der Waals surface area contributed by atoms with Gasteiger partial charge in [0, 0.05) is 4.90 Å². The number of nitrogens with zero attached hydrogens (tertiary/aromatic N) is 1. The first-order valence-electron chi connectivity index (χ1n) is 6.38. The van der Waals surface area contributed by atoms with Crippen LogP contribution in [-0.4, -0.2) is 18.1 Å². The molecule has 0 saturated carbocycles. The van der Waals surface area contributed by atoms with Crippen molar-refractivity contribution in [2.75, 3.05) is 5.94 Å². The van der Waals surface area contributed by atoms with Crippen molar-refractivity contribution in [3.63, 3.8) is 0 Å². The SMILES string of the molecule is N#Cc1ccccc1-c1ccc(SCOC(=O)C(F)(F)F)cc1. The summed E-state index contributed by atoms with van der Waals surface area (Å²) in [4.78, 5) is 11.2. The molecule has 2 aromatic rings. The predicted octanol–water partition coefficient (Wildman–Crippen LogP) is 4.38. The molecule has 0 heterocycles. The molecule has 7 heteroatoms. The molecule has 0 atom stereocenters. The number of carbonyl (C=O) groups excluding carboxylic acids is 1. The van der Waals surface area contributed by atoms with Crippen LogP contribution < -0.4 is 0 Å². The number of ether oxygens (including phenoxy) is 1. The minimum absolute atomic E-state index is 0.424. The van der Waals surface area contributed by atoms with Crippen molar-refractivity contribution in [3.8, 4) is 17.2 Å². The molecule has 0 bridgehead atoms. The molecule has 2 aromatic carbocycles. The summed E-state index contributed by atoms with van der Waals surface area (Å²) in [6, 6.07) is 16.1. The van der Waals surface area contributed by atoms with Crippen molar-refractivity contribution in [1.29, 1.82) is 5.26 Å². The van der Waals surface area contributed by atoms with E-state index in [1.54, 1.807) is 36.4 Å². The van der Waals surface area contributed by atoms with E-state index in [1.165, 1.54) is 0 Å². The second kappa shape index (κ2) is 7.20. The third kappa shape index (κ3) is 4.50. The van der Waals surface area contributed by atoms with Crippen molar-refractivity contribution in [2.24, 2.45) is 0 Å². The maximum atomic E-state index is 12.0. The number of rotatable bonds is 4. The van der Waals surface area contributed by atoms with Gasteiger partial charge in [0.15, 0.2) is 0 Å². The number of benzene rings is 2. The van der Waals surface area contributed by atoms with Crippen LogP contribution >= 0.6 is 11.8 Å². The Morgan fingerprint density at radius 2 is 1.78 bits per heavy atom. The summed E-state index contributed by atoms with van der Waals surface area (Å²) in [6.45, 7) is 0. The lowest BCUT2D eigenvalue weighted by Crippen LogP contribution is -2.25. The van der Waals surface area contributed by atoms with Crippen molar-refractivity contribution < 1.29 is 22.7 Å². The first kappa shape index (κ1) is 16.9. The van der Waals surface area contributed by atoms with Gasteiger partial charge >= 0.3 is 12.1 Å². The van der Waals surface area contributed by atoms with Crippen LogP contribution in [0.4, 0.5) is 13.2 Å². The summed E-state index contributed by atoms with van der Waals surface area (Å²) in [7, 11) is 0. The maximum absolute atomic E-state index is 12.0. The number of thioether (sulfide) groups is 1. The molecule has 0 radical (unpaired) electrons. The van der Waals surface area contributed by atoms with Crippen molar-refractivity contribution in [1.82, 2.24) is 0 Å². The van der Waals surface area contributed by atoms with Gasteiger partial charge in [-0.05, 0) is 29.3 Å². The van der Waals surface area contributed by atoms with Crippen molar-refractivity contribution >= 4 is 17.7 Å². The van der Waals surface area contributed by atoms with Crippen molar-refractivity contribution in [2.45, 2.75) is 11.1 Å². The monoisotopic (exact) mass is 337 g/mol. The zero-order valence-electron chi connectivity index (χ0n) is 11.6. The van der Waals surface area contributed by atoms with Crippen LogP contribution in [0.15, 0.2) is 53.4 Å². The molecule has 0 aliphatic carbocycles. The Kier molecular flexibility index (Phi) is 5.29. The molecule has 23 heavy (non-hydrogen) atoms. The average molecular weight is 337 g/mol. The van der Waals surface area contributed by atoms with E-state index in [1.807, 2.05) is 12.1 Å². The lowest BCUT2D eigenvalue weighted by atomic mass is 10.0.